The van der Waals surface area contributed by atoms with Crippen LogP contribution in [0.25, 0.3) is 0 Å². The molecule has 0 aliphatic carbocycles. The van der Waals surface area contributed by atoms with Gasteiger partial charge in [-0.2, -0.15) is 0 Å². The van der Waals surface area contributed by atoms with E-state index in [1.54, 1.807) is 6.92 Å². The molecule has 2 nitrogen and oxygen atoms in total. The Bertz CT molecular complexity index is 297. The molecular weight excluding hydrogens is 188 g/mol. The molecule has 0 aromatic heterocycles. The van der Waals surface area contributed by atoms with E-state index in [2.05, 4.69) is 0 Å². The highest BCUT2D eigenvalue weighted by molar-refractivity contribution is 5.23. The van der Waals surface area contributed by atoms with Crippen molar-refractivity contribution in [1.82, 2.24) is 0 Å². The van der Waals surface area contributed by atoms with Crippen LogP contribution in [-0.4, -0.2) is 11.2 Å². The minimum atomic E-state index is -1.01. The van der Waals surface area contributed by atoms with Crippen molar-refractivity contribution in [2.45, 2.75) is 25.5 Å². The van der Waals surface area contributed by atoms with Crippen LogP contribution in [-0.2, 0) is 0 Å². The lowest BCUT2D eigenvalue weighted by Crippen LogP contribution is -2.27. The molecule has 0 saturated heterocycles. The number of hydrogen-bond acceptors (Lipinski definition) is 2. The maximum Gasteiger partial charge on any atom is 0.131 e. The van der Waals surface area contributed by atoms with Crippen LogP contribution in [0.3, 0.4) is 0 Å². The average Bonchev–Trinajstić information content (AvgIpc) is 2.16. The van der Waals surface area contributed by atoms with Gasteiger partial charge >= 0.3 is 0 Å². The van der Waals surface area contributed by atoms with Gasteiger partial charge in [0, 0.05) is 5.56 Å². The summed E-state index contributed by atoms with van der Waals surface area (Å²) in [6.45, 7) is 1.70. The van der Waals surface area contributed by atoms with Crippen molar-refractivity contribution < 1.29 is 13.9 Å². The molecule has 78 valence electrons. The van der Waals surface area contributed by atoms with Gasteiger partial charge in [0.05, 0.1) is 12.1 Å². The zero-order valence-corrected chi connectivity index (χ0v) is 7.87. The van der Waals surface area contributed by atoms with Crippen LogP contribution in [0.2, 0.25) is 0 Å². The molecule has 1 aromatic rings. The lowest BCUT2D eigenvalue weighted by Gasteiger charge is -2.18. The van der Waals surface area contributed by atoms with Crippen molar-refractivity contribution in [3.05, 3.63) is 35.4 Å². The molecule has 0 aliphatic rings. The lowest BCUT2D eigenvalue weighted by atomic mass is 9.99. The summed E-state index contributed by atoms with van der Waals surface area (Å²) in [5.41, 5.74) is 5.27. The van der Waals surface area contributed by atoms with Crippen LogP contribution in [0.4, 0.5) is 8.78 Å². The summed E-state index contributed by atoms with van der Waals surface area (Å²) < 4.78 is 26.3. The Morgan fingerprint density at radius 1 is 1.36 bits per heavy atom. The minimum absolute atomic E-state index is 0.248. The summed E-state index contributed by atoms with van der Waals surface area (Å²) in [4.78, 5) is 0. The molecule has 0 bridgehead atoms. The first-order valence-electron chi connectivity index (χ1n) is 4.45. The van der Waals surface area contributed by atoms with Gasteiger partial charge in [0.25, 0.3) is 0 Å². The number of halogens is 2. The van der Waals surface area contributed by atoms with Crippen molar-refractivity contribution in [2.24, 2.45) is 5.73 Å². The van der Waals surface area contributed by atoms with E-state index in [0.717, 1.165) is 12.1 Å². The standard InChI is InChI=1S/C10H13F2NO/c1-2-8(14)10(13)9-6(11)4-3-5-7(9)12/h3-5,8,10,14H,2,13H2,1H3/t8-,10-/m0/s1. The maximum absolute atomic E-state index is 13.2. The SMILES string of the molecule is CC[C@H](O)[C@H](N)c1c(F)cccc1F. The van der Waals surface area contributed by atoms with Gasteiger partial charge in [-0.15, -0.1) is 0 Å². The normalized spacial score (nSPS) is 15.2. The Morgan fingerprint density at radius 3 is 2.29 bits per heavy atom. The second-order valence-electron chi connectivity index (χ2n) is 3.14. The molecule has 1 aromatic carbocycles. The molecule has 3 N–H and O–H groups in total. The van der Waals surface area contributed by atoms with Crippen LogP contribution in [0.1, 0.15) is 24.9 Å². The summed E-state index contributed by atoms with van der Waals surface area (Å²) in [6.07, 6.45) is -0.573. The van der Waals surface area contributed by atoms with E-state index in [0.29, 0.717) is 6.42 Å². The average molecular weight is 201 g/mol. The Balaban J connectivity index is 3.05. The third-order valence-electron chi connectivity index (χ3n) is 2.17. The lowest BCUT2D eigenvalue weighted by molar-refractivity contribution is 0.137. The van der Waals surface area contributed by atoms with E-state index in [9.17, 15) is 13.9 Å². The quantitative estimate of drug-likeness (QED) is 0.782. The number of hydrogen-bond donors (Lipinski definition) is 2. The topological polar surface area (TPSA) is 46.2 Å². The number of aliphatic hydroxyl groups is 1. The minimum Gasteiger partial charge on any atom is -0.391 e. The third-order valence-corrected chi connectivity index (χ3v) is 2.17. The monoisotopic (exact) mass is 201 g/mol. The van der Waals surface area contributed by atoms with Gasteiger partial charge in [0.15, 0.2) is 0 Å². The Hall–Kier alpha value is -1.00. The largest absolute Gasteiger partial charge is 0.391 e. The van der Waals surface area contributed by atoms with Gasteiger partial charge in [-0.1, -0.05) is 13.0 Å². The summed E-state index contributed by atoms with van der Waals surface area (Å²) >= 11 is 0. The van der Waals surface area contributed by atoms with Crippen molar-refractivity contribution in [1.29, 1.82) is 0 Å². The molecule has 0 heterocycles. The molecular formula is C10H13F2NO. The first-order valence-corrected chi connectivity index (χ1v) is 4.45. The highest BCUT2D eigenvalue weighted by Gasteiger charge is 2.21. The number of nitrogens with two attached hydrogens (primary N) is 1. The maximum atomic E-state index is 13.2. The van der Waals surface area contributed by atoms with Gasteiger partial charge in [0.1, 0.15) is 11.6 Å². The fourth-order valence-electron chi connectivity index (χ4n) is 1.28. The van der Waals surface area contributed by atoms with Gasteiger partial charge in [-0.25, -0.2) is 8.78 Å². The van der Waals surface area contributed by atoms with E-state index in [1.807, 2.05) is 0 Å². The third kappa shape index (κ3) is 2.08. The van der Waals surface area contributed by atoms with Crippen molar-refractivity contribution >= 4 is 0 Å². The Morgan fingerprint density at radius 2 is 1.86 bits per heavy atom. The summed E-state index contributed by atoms with van der Waals surface area (Å²) in [6, 6.07) is 2.50. The first-order chi connectivity index (χ1) is 6.57. The van der Waals surface area contributed by atoms with Crippen LogP contribution in [0, 0.1) is 11.6 Å². The summed E-state index contributed by atoms with van der Waals surface area (Å²) in [5, 5.41) is 9.37. The molecule has 0 spiro atoms. The first kappa shape index (κ1) is 11.1. The predicted octanol–water partition coefficient (Wildman–Crippen LogP) is 1.74. The van der Waals surface area contributed by atoms with Crippen LogP contribution < -0.4 is 5.73 Å². The molecule has 0 amide bonds. The highest BCUT2D eigenvalue weighted by Crippen LogP contribution is 2.22. The molecule has 0 saturated carbocycles. The van der Waals surface area contributed by atoms with Gasteiger partial charge in [-0.05, 0) is 18.6 Å². The summed E-state index contributed by atoms with van der Waals surface area (Å²) in [5.74, 6) is -1.44. The predicted molar refractivity (Wildman–Crippen MR) is 49.6 cm³/mol. The number of benzene rings is 1. The van der Waals surface area contributed by atoms with Crippen LogP contribution in [0.15, 0.2) is 18.2 Å². The molecule has 2 atom stereocenters. The van der Waals surface area contributed by atoms with E-state index >= 15 is 0 Å². The smallest absolute Gasteiger partial charge is 0.131 e. The van der Waals surface area contributed by atoms with Gasteiger partial charge in [0.2, 0.25) is 0 Å². The number of rotatable bonds is 3. The molecule has 1 rings (SSSR count). The van der Waals surface area contributed by atoms with E-state index in [4.69, 9.17) is 5.73 Å². The van der Waals surface area contributed by atoms with Gasteiger partial charge in [-0.3, -0.25) is 0 Å². The van der Waals surface area contributed by atoms with E-state index < -0.39 is 23.8 Å². The molecule has 4 heteroatoms. The zero-order valence-electron chi connectivity index (χ0n) is 7.87. The Kier molecular flexibility index (Phi) is 3.55. The fourth-order valence-corrected chi connectivity index (χ4v) is 1.28. The molecule has 14 heavy (non-hydrogen) atoms. The second-order valence-corrected chi connectivity index (χ2v) is 3.14. The molecule has 0 fully saturated rings. The highest BCUT2D eigenvalue weighted by atomic mass is 19.1. The Labute approximate surface area is 81.4 Å². The van der Waals surface area contributed by atoms with Crippen molar-refractivity contribution in [2.75, 3.05) is 0 Å². The van der Waals surface area contributed by atoms with Crippen molar-refractivity contribution in [3.8, 4) is 0 Å². The van der Waals surface area contributed by atoms with E-state index in [1.165, 1.54) is 6.07 Å². The zero-order chi connectivity index (χ0) is 10.7. The second kappa shape index (κ2) is 4.48. The van der Waals surface area contributed by atoms with Gasteiger partial charge < -0.3 is 10.8 Å². The fraction of sp³-hybridized carbons (Fsp3) is 0.400. The number of aliphatic hydroxyl groups excluding tert-OH is 1. The van der Waals surface area contributed by atoms with Crippen molar-refractivity contribution in [3.63, 3.8) is 0 Å². The summed E-state index contributed by atoms with van der Waals surface area (Å²) in [7, 11) is 0. The van der Waals surface area contributed by atoms with Crippen LogP contribution in [0.5, 0.6) is 0 Å². The van der Waals surface area contributed by atoms with Crippen LogP contribution >= 0.6 is 0 Å². The molecule has 0 unspecified atom stereocenters. The van der Waals surface area contributed by atoms with E-state index in [-0.39, 0.29) is 5.56 Å². The molecule has 0 aliphatic heterocycles. The molecule has 0 radical (unpaired) electrons.